The largest absolute Gasteiger partial charge is 0.486 e. The third kappa shape index (κ3) is 3.90. The average Bonchev–Trinajstić information content (AvgIpc) is 3.47. The summed E-state index contributed by atoms with van der Waals surface area (Å²) < 4.78 is 16.7. The molecule has 0 spiro atoms. The van der Waals surface area contributed by atoms with Gasteiger partial charge in [0.05, 0.1) is 18.5 Å². The molecule has 0 aliphatic carbocycles. The number of furan rings is 1. The Bertz CT molecular complexity index is 1060. The van der Waals surface area contributed by atoms with E-state index in [0.717, 1.165) is 30.2 Å². The van der Waals surface area contributed by atoms with Gasteiger partial charge in [-0.1, -0.05) is 0 Å². The van der Waals surface area contributed by atoms with Gasteiger partial charge in [-0.2, -0.15) is 5.10 Å². The minimum absolute atomic E-state index is 0.0340. The van der Waals surface area contributed by atoms with Gasteiger partial charge in [0.1, 0.15) is 24.7 Å². The van der Waals surface area contributed by atoms with Crippen LogP contribution in [0.25, 0.3) is 11.3 Å². The van der Waals surface area contributed by atoms with Gasteiger partial charge in [0, 0.05) is 30.7 Å². The zero-order valence-corrected chi connectivity index (χ0v) is 17.7. The number of aromatic nitrogens is 2. The molecule has 2 atom stereocenters. The number of amides is 1. The van der Waals surface area contributed by atoms with Crippen LogP contribution in [0.2, 0.25) is 0 Å². The van der Waals surface area contributed by atoms with Crippen molar-refractivity contribution >= 4 is 5.91 Å². The van der Waals surface area contributed by atoms with Gasteiger partial charge in [0.15, 0.2) is 11.5 Å². The first kappa shape index (κ1) is 19.7. The normalized spacial score (nSPS) is 21.3. The van der Waals surface area contributed by atoms with Gasteiger partial charge in [-0.05, 0) is 50.2 Å². The minimum atomic E-state index is -0.0340. The van der Waals surface area contributed by atoms with Crippen molar-refractivity contribution in [3.8, 4) is 22.8 Å². The number of piperazine rings is 1. The fraction of sp³-hybridized carbons (Fsp3) is 0.391. The highest BCUT2D eigenvalue weighted by molar-refractivity contribution is 5.93. The SMILES string of the molecule is C[C@H]1CN(C(=O)c2cc(-c3ccc4c(c3)OCCO4)n[nH]2)[C@@H](C)CN1Cc1ccco1. The summed E-state index contributed by atoms with van der Waals surface area (Å²) in [6.45, 7) is 7.50. The molecule has 0 saturated carbocycles. The molecule has 31 heavy (non-hydrogen) atoms. The summed E-state index contributed by atoms with van der Waals surface area (Å²) in [6.07, 6.45) is 1.70. The number of hydrogen-bond donors (Lipinski definition) is 1. The van der Waals surface area contributed by atoms with Crippen LogP contribution in [-0.2, 0) is 6.54 Å². The molecule has 162 valence electrons. The van der Waals surface area contributed by atoms with Crippen LogP contribution >= 0.6 is 0 Å². The Morgan fingerprint density at radius 1 is 1.10 bits per heavy atom. The van der Waals surface area contributed by atoms with Gasteiger partial charge in [0.2, 0.25) is 0 Å². The number of carbonyl (C=O) groups excluding carboxylic acids is 1. The summed E-state index contributed by atoms with van der Waals surface area (Å²) in [5.41, 5.74) is 2.07. The van der Waals surface area contributed by atoms with Gasteiger partial charge >= 0.3 is 0 Å². The van der Waals surface area contributed by atoms with Crippen LogP contribution in [-0.4, -0.2) is 64.3 Å². The number of fused-ring (bicyclic) bond motifs is 1. The molecule has 0 radical (unpaired) electrons. The van der Waals surface area contributed by atoms with Crippen molar-refractivity contribution in [2.45, 2.75) is 32.5 Å². The lowest BCUT2D eigenvalue weighted by molar-refractivity contribution is 0.0265. The van der Waals surface area contributed by atoms with E-state index >= 15 is 0 Å². The van der Waals surface area contributed by atoms with Crippen molar-refractivity contribution in [2.75, 3.05) is 26.3 Å². The first-order valence-electron chi connectivity index (χ1n) is 10.6. The zero-order chi connectivity index (χ0) is 21.4. The predicted octanol–water partition coefficient (Wildman–Crippen LogP) is 3.18. The second-order valence-corrected chi connectivity index (χ2v) is 8.19. The number of benzene rings is 1. The van der Waals surface area contributed by atoms with E-state index in [2.05, 4.69) is 28.9 Å². The molecule has 2 aliphatic heterocycles. The third-order valence-corrected chi connectivity index (χ3v) is 5.96. The maximum absolute atomic E-state index is 13.2. The van der Waals surface area contributed by atoms with Crippen LogP contribution in [0.1, 0.15) is 30.1 Å². The number of aromatic amines is 1. The van der Waals surface area contributed by atoms with Crippen molar-refractivity contribution in [2.24, 2.45) is 0 Å². The van der Waals surface area contributed by atoms with E-state index in [9.17, 15) is 4.79 Å². The standard InChI is InChI=1S/C23H26N4O4/c1-15-13-27(16(2)12-26(15)14-18-4-3-7-29-18)23(28)20-11-19(24-25-20)17-5-6-21-22(10-17)31-9-8-30-21/h3-7,10-11,15-16H,8-9,12-14H2,1-2H3,(H,24,25)/t15-,16-/m0/s1. The van der Waals surface area contributed by atoms with Gasteiger partial charge in [-0.3, -0.25) is 14.8 Å². The van der Waals surface area contributed by atoms with Crippen molar-refractivity contribution < 1.29 is 18.7 Å². The number of nitrogens with one attached hydrogen (secondary N) is 1. The lowest BCUT2D eigenvalue weighted by Crippen LogP contribution is -2.57. The highest BCUT2D eigenvalue weighted by Gasteiger charge is 2.33. The highest BCUT2D eigenvalue weighted by atomic mass is 16.6. The van der Waals surface area contributed by atoms with Crippen molar-refractivity contribution in [3.63, 3.8) is 0 Å². The molecule has 0 bridgehead atoms. The lowest BCUT2D eigenvalue weighted by atomic mass is 10.1. The van der Waals surface area contributed by atoms with E-state index in [1.165, 1.54) is 0 Å². The smallest absolute Gasteiger partial charge is 0.272 e. The average molecular weight is 422 g/mol. The van der Waals surface area contributed by atoms with E-state index < -0.39 is 0 Å². The molecule has 1 amide bonds. The maximum Gasteiger partial charge on any atom is 0.272 e. The Hall–Kier alpha value is -3.26. The summed E-state index contributed by atoms with van der Waals surface area (Å²) in [6, 6.07) is 11.7. The Balaban J connectivity index is 1.29. The van der Waals surface area contributed by atoms with Crippen LogP contribution < -0.4 is 9.47 Å². The van der Waals surface area contributed by atoms with Crippen LogP contribution in [0.4, 0.5) is 0 Å². The molecule has 0 unspecified atom stereocenters. The highest BCUT2D eigenvalue weighted by Crippen LogP contribution is 2.34. The minimum Gasteiger partial charge on any atom is -0.486 e. The predicted molar refractivity (Wildman–Crippen MR) is 114 cm³/mol. The lowest BCUT2D eigenvalue weighted by Gasteiger charge is -2.43. The molecular weight excluding hydrogens is 396 g/mol. The first-order valence-corrected chi connectivity index (χ1v) is 10.6. The molecular formula is C23H26N4O4. The van der Waals surface area contributed by atoms with Gasteiger partial charge < -0.3 is 18.8 Å². The van der Waals surface area contributed by atoms with Crippen molar-refractivity contribution in [3.05, 3.63) is 54.1 Å². The van der Waals surface area contributed by atoms with Crippen molar-refractivity contribution in [1.82, 2.24) is 20.0 Å². The molecule has 1 aromatic carbocycles. The Kier molecular flexibility index (Phi) is 5.15. The van der Waals surface area contributed by atoms with E-state index in [4.69, 9.17) is 13.9 Å². The number of nitrogens with zero attached hydrogens (tertiary/aromatic N) is 3. The van der Waals surface area contributed by atoms with Gasteiger partial charge in [-0.15, -0.1) is 0 Å². The molecule has 5 rings (SSSR count). The number of ether oxygens (including phenoxy) is 2. The topological polar surface area (TPSA) is 83.8 Å². The molecule has 2 aliphatic rings. The summed E-state index contributed by atoms with van der Waals surface area (Å²) in [5.74, 6) is 2.34. The molecule has 1 saturated heterocycles. The number of rotatable bonds is 4. The second-order valence-electron chi connectivity index (χ2n) is 8.19. The molecule has 3 aromatic rings. The molecule has 1 N–H and O–H groups in total. The Morgan fingerprint density at radius 3 is 2.74 bits per heavy atom. The molecule has 8 nitrogen and oxygen atoms in total. The van der Waals surface area contributed by atoms with Crippen LogP contribution in [0.5, 0.6) is 11.5 Å². The second kappa shape index (κ2) is 8.11. The van der Waals surface area contributed by atoms with E-state index in [0.29, 0.717) is 36.9 Å². The fourth-order valence-electron chi connectivity index (χ4n) is 4.24. The maximum atomic E-state index is 13.2. The summed E-state index contributed by atoms with van der Waals surface area (Å²) in [4.78, 5) is 17.5. The number of hydrogen-bond acceptors (Lipinski definition) is 6. The van der Waals surface area contributed by atoms with Crippen LogP contribution in [0.3, 0.4) is 0 Å². The summed E-state index contributed by atoms with van der Waals surface area (Å²) in [5, 5.41) is 7.29. The Morgan fingerprint density at radius 2 is 1.94 bits per heavy atom. The van der Waals surface area contributed by atoms with Gasteiger partial charge in [0.25, 0.3) is 5.91 Å². The van der Waals surface area contributed by atoms with E-state index in [-0.39, 0.29) is 18.0 Å². The summed E-state index contributed by atoms with van der Waals surface area (Å²) >= 11 is 0. The molecule has 4 heterocycles. The van der Waals surface area contributed by atoms with Crippen LogP contribution in [0.15, 0.2) is 47.1 Å². The van der Waals surface area contributed by atoms with Crippen LogP contribution in [0, 0.1) is 0 Å². The summed E-state index contributed by atoms with van der Waals surface area (Å²) in [7, 11) is 0. The zero-order valence-electron chi connectivity index (χ0n) is 17.7. The molecule has 8 heteroatoms. The van der Waals surface area contributed by atoms with E-state index in [1.807, 2.05) is 35.2 Å². The molecule has 1 fully saturated rings. The number of carbonyl (C=O) groups is 1. The van der Waals surface area contributed by atoms with E-state index in [1.54, 1.807) is 12.3 Å². The molecule has 2 aromatic heterocycles. The fourth-order valence-corrected chi connectivity index (χ4v) is 4.24. The third-order valence-electron chi connectivity index (χ3n) is 5.96. The first-order chi connectivity index (χ1) is 15.1. The quantitative estimate of drug-likeness (QED) is 0.695. The Labute approximate surface area is 180 Å². The monoisotopic (exact) mass is 422 g/mol. The number of H-pyrrole nitrogens is 1. The van der Waals surface area contributed by atoms with Gasteiger partial charge in [-0.25, -0.2) is 0 Å². The van der Waals surface area contributed by atoms with Crippen molar-refractivity contribution in [1.29, 1.82) is 0 Å².